The number of hydrogen-bond donors (Lipinski definition) is 2. The summed E-state index contributed by atoms with van der Waals surface area (Å²) in [6.07, 6.45) is 5.03. The number of rotatable bonds is 5. The Morgan fingerprint density at radius 3 is 3.04 bits per heavy atom. The Morgan fingerprint density at radius 1 is 1.35 bits per heavy atom. The van der Waals surface area contributed by atoms with Crippen LogP contribution in [0.3, 0.4) is 0 Å². The van der Waals surface area contributed by atoms with Gasteiger partial charge in [0.2, 0.25) is 11.8 Å². The van der Waals surface area contributed by atoms with Gasteiger partial charge in [-0.1, -0.05) is 18.6 Å². The largest absolute Gasteiger partial charge is 0.355 e. The number of fused-ring (bicyclic) bond motifs is 2. The lowest BCUT2D eigenvalue weighted by Crippen LogP contribution is -2.31. The highest BCUT2D eigenvalue weighted by Crippen LogP contribution is 2.32. The summed E-state index contributed by atoms with van der Waals surface area (Å²) in [6.45, 7) is 0.518. The van der Waals surface area contributed by atoms with Crippen LogP contribution in [0.15, 0.2) is 35.4 Å². The average molecular weight is 352 g/mol. The summed E-state index contributed by atoms with van der Waals surface area (Å²) in [5.41, 5.74) is 3.91. The number of aromatic nitrogens is 2. The molecule has 0 saturated heterocycles. The molecule has 0 spiro atoms. The Labute approximate surface area is 152 Å². The Morgan fingerprint density at radius 2 is 2.19 bits per heavy atom. The van der Waals surface area contributed by atoms with Crippen LogP contribution in [-0.2, 0) is 23.1 Å². The predicted octanol–water partition coefficient (Wildman–Crippen LogP) is 1.99. The molecule has 0 radical (unpaired) electrons. The molecule has 1 atom stereocenters. The first-order valence-corrected chi connectivity index (χ1v) is 9.33. The van der Waals surface area contributed by atoms with Crippen molar-refractivity contribution in [2.45, 2.75) is 44.6 Å². The molecule has 6 nitrogen and oxygen atoms in total. The standard InChI is InChI=1S/C20H24N4O2/c1-24-17-9-5-4-8-16(17)22-18(24)10-11-21-19(25)12-14-13-6-2-3-7-15(13)23-20(14)26/h4-5,8-9,15H,2-3,6-7,10-12H2,1H3,(H,21,25)(H,23,26). The van der Waals surface area contributed by atoms with Crippen LogP contribution in [-0.4, -0.2) is 34.0 Å². The number of para-hydroxylation sites is 2. The van der Waals surface area contributed by atoms with E-state index in [2.05, 4.69) is 20.2 Å². The van der Waals surface area contributed by atoms with Crippen LogP contribution in [0.25, 0.3) is 11.0 Å². The van der Waals surface area contributed by atoms with Gasteiger partial charge in [0.05, 0.1) is 23.5 Å². The second-order valence-corrected chi connectivity index (χ2v) is 7.13. The van der Waals surface area contributed by atoms with E-state index in [1.807, 2.05) is 31.3 Å². The molecule has 4 rings (SSSR count). The van der Waals surface area contributed by atoms with Crippen LogP contribution in [0.5, 0.6) is 0 Å². The van der Waals surface area contributed by atoms with Crippen LogP contribution < -0.4 is 10.6 Å². The van der Waals surface area contributed by atoms with Crippen molar-refractivity contribution < 1.29 is 9.59 Å². The van der Waals surface area contributed by atoms with E-state index in [-0.39, 0.29) is 24.3 Å². The van der Waals surface area contributed by atoms with Gasteiger partial charge in [0.25, 0.3) is 0 Å². The number of aryl methyl sites for hydroxylation is 1. The Kier molecular flexibility index (Phi) is 4.49. The van der Waals surface area contributed by atoms with E-state index in [9.17, 15) is 9.59 Å². The number of carbonyl (C=O) groups excluding carboxylic acids is 2. The van der Waals surface area contributed by atoms with Crippen molar-refractivity contribution >= 4 is 22.8 Å². The minimum Gasteiger partial charge on any atom is -0.355 e. The lowest BCUT2D eigenvalue weighted by Gasteiger charge is -2.20. The predicted molar refractivity (Wildman–Crippen MR) is 99.5 cm³/mol. The van der Waals surface area contributed by atoms with Gasteiger partial charge in [-0.2, -0.15) is 0 Å². The highest BCUT2D eigenvalue weighted by Gasteiger charge is 2.33. The summed E-state index contributed by atoms with van der Waals surface area (Å²) < 4.78 is 2.06. The molecule has 2 amide bonds. The minimum absolute atomic E-state index is 0.0580. The van der Waals surface area contributed by atoms with Gasteiger partial charge in [-0.15, -0.1) is 0 Å². The zero-order chi connectivity index (χ0) is 18.1. The Hall–Kier alpha value is -2.63. The van der Waals surface area contributed by atoms with E-state index in [0.717, 1.165) is 48.1 Å². The van der Waals surface area contributed by atoms with Gasteiger partial charge in [0.15, 0.2) is 0 Å². The number of hydrogen-bond acceptors (Lipinski definition) is 3. The van der Waals surface area contributed by atoms with Crippen LogP contribution in [0.1, 0.15) is 37.9 Å². The van der Waals surface area contributed by atoms with Gasteiger partial charge in [-0.3, -0.25) is 9.59 Å². The van der Waals surface area contributed by atoms with Gasteiger partial charge in [-0.05, 0) is 37.0 Å². The molecule has 26 heavy (non-hydrogen) atoms. The maximum atomic E-state index is 12.3. The van der Waals surface area contributed by atoms with Crippen molar-refractivity contribution in [2.24, 2.45) is 7.05 Å². The van der Waals surface area contributed by atoms with Gasteiger partial charge < -0.3 is 15.2 Å². The molecule has 6 heteroatoms. The molecule has 0 bridgehead atoms. The van der Waals surface area contributed by atoms with E-state index in [1.165, 1.54) is 0 Å². The maximum absolute atomic E-state index is 12.3. The molecule has 1 aromatic heterocycles. The number of nitrogens with one attached hydrogen (secondary N) is 2. The summed E-state index contributed by atoms with van der Waals surface area (Å²) in [4.78, 5) is 29.1. The molecule has 1 unspecified atom stereocenters. The van der Waals surface area contributed by atoms with Crippen LogP contribution >= 0.6 is 0 Å². The van der Waals surface area contributed by atoms with Crippen LogP contribution in [0.2, 0.25) is 0 Å². The molecule has 2 N–H and O–H groups in total. The summed E-state index contributed by atoms with van der Waals surface area (Å²) in [6, 6.07) is 8.16. The third-order valence-corrected chi connectivity index (χ3v) is 5.46. The summed E-state index contributed by atoms with van der Waals surface area (Å²) in [7, 11) is 1.99. The van der Waals surface area contributed by atoms with Crippen LogP contribution in [0, 0.1) is 0 Å². The van der Waals surface area contributed by atoms with E-state index in [4.69, 9.17) is 0 Å². The van der Waals surface area contributed by atoms with Crippen molar-refractivity contribution in [1.82, 2.24) is 20.2 Å². The SMILES string of the molecule is Cn1c(CCNC(=O)CC2=C3CCCCC3NC2=O)nc2ccccc21. The molecule has 2 aliphatic rings. The highest BCUT2D eigenvalue weighted by molar-refractivity contribution is 6.02. The van der Waals surface area contributed by atoms with Gasteiger partial charge >= 0.3 is 0 Å². The fourth-order valence-corrected chi connectivity index (χ4v) is 4.07. The van der Waals surface area contributed by atoms with Gasteiger partial charge in [0, 0.05) is 25.6 Å². The molecule has 2 aromatic rings. The number of amides is 2. The molecular formula is C20H24N4O2. The number of nitrogens with zero attached hydrogens (tertiary/aromatic N) is 2. The monoisotopic (exact) mass is 352 g/mol. The second-order valence-electron chi connectivity index (χ2n) is 7.13. The topological polar surface area (TPSA) is 76.0 Å². The third kappa shape index (κ3) is 3.11. The fourth-order valence-electron chi connectivity index (χ4n) is 4.07. The number of carbonyl (C=O) groups is 2. The molecule has 1 aliphatic carbocycles. The molecular weight excluding hydrogens is 328 g/mol. The Bertz CT molecular complexity index is 896. The van der Waals surface area contributed by atoms with E-state index < -0.39 is 0 Å². The molecule has 136 valence electrons. The zero-order valence-corrected chi connectivity index (χ0v) is 15.0. The number of benzene rings is 1. The fraction of sp³-hybridized carbons (Fsp3) is 0.450. The van der Waals surface area contributed by atoms with Gasteiger partial charge in [-0.25, -0.2) is 4.98 Å². The lowest BCUT2D eigenvalue weighted by atomic mass is 9.88. The first kappa shape index (κ1) is 16.8. The summed E-state index contributed by atoms with van der Waals surface area (Å²) in [5, 5.41) is 5.95. The number of imidazole rings is 1. The van der Waals surface area contributed by atoms with E-state index in [0.29, 0.717) is 18.5 Å². The summed E-state index contributed by atoms with van der Waals surface area (Å²) in [5.74, 6) is 0.796. The quantitative estimate of drug-likeness (QED) is 0.864. The molecule has 1 fully saturated rings. The highest BCUT2D eigenvalue weighted by atomic mass is 16.2. The lowest BCUT2D eigenvalue weighted by molar-refractivity contribution is -0.123. The maximum Gasteiger partial charge on any atom is 0.248 e. The second kappa shape index (κ2) is 6.94. The van der Waals surface area contributed by atoms with Crippen molar-refractivity contribution in [3.8, 4) is 0 Å². The van der Waals surface area contributed by atoms with Gasteiger partial charge in [0.1, 0.15) is 5.82 Å². The Balaban J connectivity index is 1.35. The minimum atomic E-state index is -0.0902. The third-order valence-electron chi connectivity index (χ3n) is 5.46. The van der Waals surface area contributed by atoms with Crippen molar-refractivity contribution in [3.63, 3.8) is 0 Å². The molecule has 1 aromatic carbocycles. The van der Waals surface area contributed by atoms with Crippen LogP contribution in [0.4, 0.5) is 0 Å². The zero-order valence-electron chi connectivity index (χ0n) is 15.0. The average Bonchev–Trinajstić information content (AvgIpc) is 3.13. The smallest absolute Gasteiger partial charge is 0.248 e. The molecule has 1 aliphatic heterocycles. The van der Waals surface area contributed by atoms with Crippen molar-refractivity contribution in [1.29, 1.82) is 0 Å². The summed E-state index contributed by atoms with van der Waals surface area (Å²) >= 11 is 0. The first-order valence-electron chi connectivity index (χ1n) is 9.33. The normalized spacial score (nSPS) is 19.6. The first-order chi connectivity index (χ1) is 12.6. The molecule has 1 saturated carbocycles. The van der Waals surface area contributed by atoms with E-state index in [1.54, 1.807) is 0 Å². The van der Waals surface area contributed by atoms with Crippen molar-refractivity contribution in [2.75, 3.05) is 6.54 Å². The van der Waals surface area contributed by atoms with E-state index >= 15 is 0 Å². The van der Waals surface area contributed by atoms with Crippen molar-refractivity contribution in [3.05, 3.63) is 41.2 Å². The molecule has 2 heterocycles.